The molecule has 0 N–H and O–H groups in total. The van der Waals surface area contributed by atoms with E-state index in [9.17, 15) is 9.59 Å². The molecule has 1 unspecified atom stereocenters. The summed E-state index contributed by atoms with van der Waals surface area (Å²) in [5.41, 5.74) is 0. The van der Waals surface area contributed by atoms with Gasteiger partial charge < -0.3 is 14.4 Å². The van der Waals surface area contributed by atoms with Gasteiger partial charge in [-0.2, -0.15) is 0 Å². The first kappa shape index (κ1) is 13.0. The number of carbonyl (C=O) groups excluding carboxylic acids is 2. The van der Waals surface area contributed by atoms with Crippen LogP contribution < -0.4 is 0 Å². The fourth-order valence-electron chi connectivity index (χ4n) is 1.81. The van der Waals surface area contributed by atoms with Gasteiger partial charge in [0.15, 0.2) is 0 Å². The molecule has 5 heteroatoms. The molecular weight excluding hydrogens is 210 g/mol. The van der Waals surface area contributed by atoms with Crippen LogP contribution in [0.25, 0.3) is 0 Å². The molecule has 1 heterocycles. The van der Waals surface area contributed by atoms with Crippen molar-refractivity contribution in [3.05, 3.63) is 0 Å². The normalized spacial score (nSPS) is 19.9. The van der Waals surface area contributed by atoms with E-state index in [1.165, 1.54) is 7.11 Å². The summed E-state index contributed by atoms with van der Waals surface area (Å²) in [5.74, 6) is -0.319. The van der Waals surface area contributed by atoms with Crippen LogP contribution in [0.2, 0.25) is 0 Å². The average Bonchev–Trinajstić information content (AvgIpc) is 2.77. The van der Waals surface area contributed by atoms with Gasteiger partial charge in [0.2, 0.25) is 5.91 Å². The second-order valence-electron chi connectivity index (χ2n) is 3.80. The Hall–Kier alpha value is -1.10. The molecule has 0 spiro atoms. The van der Waals surface area contributed by atoms with Gasteiger partial charge in [0.05, 0.1) is 26.1 Å². The first-order valence-electron chi connectivity index (χ1n) is 5.62. The Morgan fingerprint density at radius 2 is 2.19 bits per heavy atom. The van der Waals surface area contributed by atoms with Gasteiger partial charge in [-0.05, 0) is 13.3 Å². The highest BCUT2D eigenvalue weighted by Crippen LogP contribution is 2.18. The van der Waals surface area contributed by atoms with Gasteiger partial charge in [-0.1, -0.05) is 0 Å². The lowest BCUT2D eigenvalue weighted by Crippen LogP contribution is -2.30. The van der Waals surface area contributed by atoms with Crippen molar-refractivity contribution in [2.45, 2.75) is 19.8 Å². The number of nitrogens with zero attached hydrogens (tertiary/aromatic N) is 1. The molecule has 92 valence electrons. The zero-order valence-corrected chi connectivity index (χ0v) is 9.90. The molecule has 0 bridgehead atoms. The summed E-state index contributed by atoms with van der Waals surface area (Å²) in [7, 11) is 1.38. The molecule has 1 amide bonds. The monoisotopic (exact) mass is 229 g/mol. The van der Waals surface area contributed by atoms with Gasteiger partial charge in [0.25, 0.3) is 0 Å². The number of amides is 1. The summed E-state index contributed by atoms with van der Waals surface area (Å²) < 4.78 is 9.78. The van der Waals surface area contributed by atoms with Crippen LogP contribution in [0.5, 0.6) is 0 Å². The highest BCUT2D eigenvalue weighted by atomic mass is 16.5. The summed E-state index contributed by atoms with van der Waals surface area (Å²) in [5, 5.41) is 0. The maximum absolute atomic E-state index is 11.7. The summed E-state index contributed by atoms with van der Waals surface area (Å²) in [6, 6.07) is 0. The zero-order chi connectivity index (χ0) is 12.0. The third-order valence-electron chi connectivity index (χ3n) is 2.74. The Balaban J connectivity index is 2.29. The fraction of sp³-hybridized carbons (Fsp3) is 0.818. The molecule has 1 rings (SSSR count). The van der Waals surface area contributed by atoms with E-state index in [-0.39, 0.29) is 17.8 Å². The van der Waals surface area contributed by atoms with E-state index < -0.39 is 0 Å². The molecule has 1 aliphatic rings. The number of hydrogen-bond donors (Lipinski definition) is 0. The number of rotatable bonds is 5. The summed E-state index contributed by atoms with van der Waals surface area (Å²) in [6.45, 7) is 4.10. The number of esters is 1. The maximum atomic E-state index is 11.7. The largest absolute Gasteiger partial charge is 0.469 e. The van der Waals surface area contributed by atoms with Crippen LogP contribution in [0, 0.1) is 5.92 Å². The number of ether oxygens (including phenoxy) is 2. The third kappa shape index (κ3) is 3.48. The minimum atomic E-state index is -0.222. The summed E-state index contributed by atoms with van der Waals surface area (Å²) >= 11 is 0. The second kappa shape index (κ2) is 6.48. The van der Waals surface area contributed by atoms with Gasteiger partial charge >= 0.3 is 5.97 Å². The molecule has 0 saturated carbocycles. The fourth-order valence-corrected chi connectivity index (χ4v) is 1.81. The second-order valence-corrected chi connectivity index (χ2v) is 3.80. The van der Waals surface area contributed by atoms with Crippen molar-refractivity contribution in [2.24, 2.45) is 5.92 Å². The topological polar surface area (TPSA) is 55.8 Å². The SMILES string of the molecule is CCOCCC(=O)N1CCC(C(=O)OC)C1. The first-order valence-corrected chi connectivity index (χ1v) is 5.62. The lowest BCUT2D eigenvalue weighted by atomic mass is 10.1. The highest BCUT2D eigenvalue weighted by molar-refractivity contribution is 5.79. The molecule has 1 saturated heterocycles. The third-order valence-corrected chi connectivity index (χ3v) is 2.74. The Kier molecular flexibility index (Phi) is 5.25. The number of hydrogen-bond acceptors (Lipinski definition) is 4. The van der Waals surface area contributed by atoms with E-state index >= 15 is 0 Å². The van der Waals surface area contributed by atoms with Gasteiger partial charge in [-0.25, -0.2) is 0 Å². The molecule has 0 aliphatic carbocycles. The Bertz CT molecular complexity index is 254. The molecule has 5 nitrogen and oxygen atoms in total. The van der Waals surface area contributed by atoms with Crippen molar-refractivity contribution in [3.8, 4) is 0 Å². The molecule has 0 aromatic heterocycles. The molecule has 1 fully saturated rings. The molecule has 16 heavy (non-hydrogen) atoms. The van der Waals surface area contributed by atoms with Crippen LogP contribution in [-0.2, 0) is 19.1 Å². The number of likely N-dealkylation sites (tertiary alicyclic amines) is 1. The van der Waals surface area contributed by atoms with Crippen LogP contribution in [0.15, 0.2) is 0 Å². The van der Waals surface area contributed by atoms with Crippen LogP contribution in [-0.4, -0.2) is 50.2 Å². The van der Waals surface area contributed by atoms with Crippen molar-refractivity contribution >= 4 is 11.9 Å². The van der Waals surface area contributed by atoms with Gasteiger partial charge in [0.1, 0.15) is 0 Å². The van der Waals surface area contributed by atoms with Crippen molar-refractivity contribution in [1.82, 2.24) is 4.90 Å². The average molecular weight is 229 g/mol. The Morgan fingerprint density at radius 1 is 1.44 bits per heavy atom. The lowest BCUT2D eigenvalue weighted by molar-refractivity contribution is -0.145. The van der Waals surface area contributed by atoms with E-state index in [4.69, 9.17) is 4.74 Å². The zero-order valence-electron chi connectivity index (χ0n) is 9.90. The van der Waals surface area contributed by atoms with E-state index in [0.717, 1.165) is 0 Å². The van der Waals surface area contributed by atoms with Crippen LogP contribution in [0.4, 0.5) is 0 Å². The Morgan fingerprint density at radius 3 is 2.81 bits per heavy atom. The smallest absolute Gasteiger partial charge is 0.310 e. The van der Waals surface area contributed by atoms with Crippen molar-refractivity contribution in [1.29, 1.82) is 0 Å². The highest BCUT2D eigenvalue weighted by Gasteiger charge is 2.31. The van der Waals surface area contributed by atoms with Gasteiger partial charge in [0, 0.05) is 19.7 Å². The number of carbonyl (C=O) groups is 2. The lowest BCUT2D eigenvalue weighted by Gasteiger charge is -2.15. The van der Waals surface area contributed by atoms with Gasteiger partial charge in [-0.3, -0.25) is 9.59 Å². The standard InChI is InChI=1S/C11H19NO4/c1-3-16-7-5-10(13)12-6-4-9(8-12)11(14)15-2/h9H,3-8H2,1-2H3. The Labute approximate surface area is 95.7 Å². The minimum Gasteiger partial charge on any atom is -0.469 e. The predicted octanol–water partition coefficient (Wildman–Crippen LogP) is 0.435. The molecule has 0 aromatic carbocycles. The molecule has 1 aliphatic heterocycles. The summed E-state index contributed by atoms with van der Waals surface area (Å²) in [4.78, 5) is 24.6. The van der Waals surface area contributed by atoms with Crippen LogP contribution in [0.1, 0.15) is 19.8 Å². The van der Waals surface area contributed by atoms with Crippen molar-refractivity contribution < 1.29 is 19.1 Å². The van der Waals surface area contributed by atoms with Crippen molar-refractivity contribution in [2.75, 3.05) is 33.4 Å². The molecule has 1 atom stereocenters. The van der Waals surface area contributed by atoms with Gasteiger partial charge in [-0.15, -0.1) is 0 Å². The molecule has 0 radical (unpaired) electrons. The van der Waals surface area contributed by atoms with E-state index in [1.54, 1.807) is 4.90 Å². The molecular formula is C11H19NO4. The van der Waals surface area contributed by atoms with E-state index in [0.29, 0.717) is 39.1 Å². The maximum Gasteiger partial charge on any atom is 0.310 e. The van der Waals surface area contributed by atoms with E-state index in [2.05, 4.69) is 4.74 Å². The molecule has 0 aromatic rings. The van der Waals surface area contributed by atoms with Crippen molar-refractivity contribution in [3.63, 3.8) is 0 Å². The quantitative estimate of drug-likeness (QED) is 0.507. The summed E-state index contributed by atoms with van der Waals surface area (Å²) in [6.07, 6.45) is 1.09. The predicted molar refractivity (Wildman–Crippen MR) is 57.8 cm³/mol. The van der Waals surface area contributed by atoms with Crippen LogP contribution >= 0.6 is 0 Å². The number of methoxy groups -OCH3 is 1. The van der Waals surface area contributed by atoms with E-state index in [1.807, 2.05) is 6.92 Å². The first-order chi connectivity index (χ1) is 7.69. The minimum absolute atomic E-state index is 0.0554. The van der Waals surface area contributed by atoms with Crippen LogP contribution in [0.3, 0.4) is 0 Å².